The molecule has 24 heavy (non-hydrogen) atoms. The summed E-state index contributed by atoms with van der Waals surface area (Å²) in [7, 11) is 0. The first-order valence-corrected chi connectivity index (χ1v) is 7.40. The summed E-state index contributed by atoms with van der Waals surface area (Å²) in [5, 5.41) is 9.91. The number of carbonyl (C=O) groups excluding carboxylic acids is 1. The predicted octanol–water partition coefficient (Wildman–Crippen LogP) is 2.83. The molecule has 0 bridgehead atoms. The minimum absolute atomic E-state index is 0.0160. The van der Waals surface area contributed by atoms with E-state index in [0.717, 1.165) is 5.69 Å². The second-order valence-electron chi connectivity index (χ2n) is 5.35. The number of rotatable bonds is 4. The summed E-state index contributed by atoms with van der Waals surface area (Å²) >= 11 is 0. The van der Waals surface area contributed by atoms with Gasteiger partial charge in [-0.25, -0.2) is 0 Å². The van der Waals surface area contributed by atoms with Gasteiger partial charge in [-0.15, -0.1) is 0 Å². The van der Waals surface area contributed by atoms with Gasteiger partial charge in [0, 0.05) is 11.8 Å². The fourth-order valence-electron chi connectivity index (χ4n) is 2.39. The topological polar surface area (TPSA) is 102 Å². The third-order valence-corrected chi connectivity index (χ3v) is 3.55. The quantitative estimate of drug-likeness (QED) is 0.760. The van der Waals surface area contributed by atoms with Crippen LogP contribution in [0.1, 0.15) is 18.9 Å². The van der Waals surface area contributed by atoms with Crippen molar-refractivity contribution >= 4 is 17.3 Å². The molecule has 122 valence electrons. The molecule has 1 aliphatic rings. The van der Waals surface area contributed by atoms with Crippen LogP contribution >= 0.6 is 0 Å². The number of benzene rings is 1. The number of ether oxygens (including phenoxy) is 1. The first kappa shape index (κ1) is 14.3. The van der Waals surface area contributed by atoms with Gasteiger partial charge in [0.25, 0.3) is 5.91 Å². The van der Waals surface area contributed by atoms with Gasteiger partial charge in [-0.05, 0) is 31.2 Å². The molecule has 0 fully saturated rings. The zero-order valence-electron chi connectivity index (χ0n) is 12.8. The number of aromatic nitrogens is 2. The van der Waals surface area contributed by atoms with Gasteiger partial charge in [0.15, 0.2) is 12.4 Å². The highest BCUT2D eigenvalue weighted by atomic mass is 16.5. The minimum Gasteiger partial charge on any atom is -0.482 e. The smallest absolute Gasteiger partial charge is 0.262 e. The number of furan rings is 1. The Balaban J connectivity index is 1.50. The van der Waals surface area contributed by atoms with E-state index in [-0.39, 0.29) is 18.6 Å². The lowest BCUT2D eigenvalue weighted by Gasteiger charge is -2.19. The number of nitrogens with zero attached hydrogens (tertiary/aromatic N) is 2. The van der Waals surface area contributed by atoms with Gasteiger partial charge in [0.2, 0.25) is 11.7 Å². The average Bonchev–Trinajstić information content (AvgIpc) is 3.26. The summed E-state index contributed by atoms with van der Waals surface area (Å²) in [5.41, 5.74) is 1.47. The molecule has 8 nitrogen and oxygen atoms in total. The van der Waals surface area contributed by atoms with Crippen LogP contribution in [0.25, 0.3) is 11.6 Å². The number of anilines is 2. The first-order valence-electron chi connectivity index (χ1n) is 7.40. The highest BCUT2D eigenvalue weighted by Gasteiger charge is 2.19. The van der Waals surface area contributed by atoms with Crippen molar-refractivity contribution in [2.24, 2.45) is 0 Å². The number of hydrogen-bond acceptors (Lipinski definition) is 7. The zero-order chi connectivity index (χ0) is 16.5. The largest absolute Gasteiger partial charge is 0.482 e. The molecule has 0 saturated carbocycles. The molecule has 0 radical (unpaired) electrons. The Labute approximate surface area is 136 Å². The third kappa shape index (κ3) is 2.69. The van der Waals surface area contributed by atoms with Gasteiger partial charge in [-0.1, -0.05) is 5.16 Å². The highest BCUT2D eigenvalue weighted by Crippen LogP contribution is 2.32. The van der Waals surface area contributed by atoms with Crippen LogP contribution in [0.2, 0.25) is 0 Å². The molecule has 1 aromatic carbocycles. The summed E-state index contributed by atoms with van der Waals surface area (Å²) in [6, 6.07) is 8.76. The average molecular weight is 326 g/mol. The standard InChI is InChI=1S/C16H14N4O4/c1-9(16-19-15(20-24-16)12-3-2-6-22-12)17-10-4-5-11-13(7-10)23-8-14(21)18-11/h2-7,9,17H,8H2,1H3,(H,18,21). The van der Waals surface area contributed by atoms with Gasteiger partial charge >= 0.3 is 0 Å². The molecule has 0 spiro atoms. The molecule has 0 aliphatic carbocycles. The van der Waals surface area contributed by atoms with Gasteiger partial charge < -0.3 is 24.3 Å². The van der Waals surface area contributed by atoms with Crippen LogP contribution in [0, 0.1) is 0 Å². The van der Waals surface area contributed by atoms with Gasteiger partial charge in [-0.3, -0.25) is 4.79 Å². The monoisotopic (exact) mass is 326 g/mol. The van der Waals surface area contributed by atoms with Gasteiger partial charge in [-0.2, -0.15) is 4.98 Å². The molecular weight excluding hydrogens is 312 g/mol. The highest BCUT2D eigenvalue weighted by molar-refractivity contribution is 5.95. The molecule has 1 aliphatic heterocycles. The summed E-state index contributed by atoms with van der Waals surface area (Å²) in [6.45, 7) is 1.92. The summed E-state index contributed by atoms with van der Waals surface area (Å²) < 4.78 is 15.9. The van der Waals surface area contributed by atoms with Crippen molar-refractivity contribution in [3.63, 3.8) is 0 Å². The molecule has 8 heteroatoms. The Morgan fingerprint density at radius 2 is 2.25 bits per heavy atom. The minimum atomic E-state index is -0.211. The number of nitrogens with one attached hydrogen (secondary N) is 2. The molecule has 0 saturated heterocycles. The maximum Gasteiger partial charge on any atom is 0.262 e. The van der Waals surface area contributed by atoms with Crippen molar-refractivity contribution in [1.29, 1.82) is 0 Å². The van der Waals surface area contributed by atoms with Crippen molar-refractivity contribution in [3.05, 3.63) is 42.5 Å². The molecule has 3 heterocycles. The lowest BCUT2D eigenvalue weighted by molar-refractivity contribution is -0.118. The van der Waals surface area contributed by atoms with Crippen molar-refractivity contribution in [1.82, 2.24) is 10.1 Å². The molecule has 2 N–H and O–H groups in total. The van der Waals surface area contributed by atoms with E-state index in [1.807, 2.05) is 19.1 Å². The van der Waals surface area contributed by atoms with Crippen LogP contribution in [0.15, 0.2) is 45.5 Å². The number of carbonyl (C=O) groups is 1. The number of fused-ring (bicyclic) bond motifs is 1. The van der Waals surface area contributed by atoms with Crippen molar-refractivity contribution in [3.8, 4) is 17.3 Å². The normalized spacial score (nSPS) is 14.5. The number of hydrogen-bond donors (Lipinski definition) is 2. The van der Waals surface area contributed by atoms with Crippen LogP contribution in [0.4, 0.5) is 11.4 Å². The predicted molar refractivity (Wildman–Crippen MR) is 84.6 cm³/mol. The molecule has 4 rings (SSSR count). The van der Waals surface area contributed by atoms with Crippen LogP contribution in [0.5, 0.6) is 5.75 Å². The summed E-state index contributed by atoms with van der Waals surface area (Å²) in [6.07, 6.45) is 1.55. The Bertz CT molecular complexity index is 872. The Morgan fingerprint density at radius 3 is 3.08 bits per heavy atom. The van der Waals surface area contributed by atoms with E-state index in [1.54, 1.807) is 24.5 Å². The van der Waals surface area contributed by atoms with E-state index in [4.69, 9.17) is 13.7 Å². The van der Waals surface area contributed by atoms with Crippen molar-refractivity contribution in [2.45, 2.75) is 13.0 Å². The second kappa shape index (κ2) is 5.73. The molecule has 1 unspecified atom stereocenters. The summed E-state index contributed by atoms with van der Waals surface area (Å²) in [4.78, 5) is 15.6. The molecule has 1 atom stereocenters. The van der Waals surface area contributed by atoms with E-state index in [0.29, 0.717) is 28.9 Å². The second-order valence-corrected chi connectivity index (χ2v) is 5.35. The fraction of sp³-hybridized carbons (Fsp3) is 0.188. The molecule has 3 aromatic rings. The van der Waals surface area contributed by atoms with Crippen LogP contribution in [-0.4, -0.2) is 22.7 Å². The summed E-state index contributed by atoms with van der Waals surface area (Å²) in [5.74, 6) is 1.85. The third-order valence-electron chi connectivity index (χ3n) is 3.55. The SMILES string of the molecule is CC(Nc1ccc2c(c1)OCC(=O)N2)c1nc(-c2ccco2)no1. The van der Waals surface area contributed by atoms with Gasteiger partial charge in [0.05, 0.1) is 12.0 Å². The van der Waals surface area contributed by atoms with Crippen LogP contribution < -0.4 is 15.4 Å². The maximum atomic E-state index is 11.3. The lowest BCUT2D eigenvalue weighted by Crippen LogP contribution is -2.25. The Morgan fingerprint density at radius 1 is 1.33 bits per heavy atom. The Kier molecular flexibility index (Phi) is 3.42. The molecule has 1 amide bonds. The van der Waals surface area contributed by atoms with E-state index in [2.05, 4.69) is 20.8 Å². The maximum absolute atomic E-state index is 11.3. The van der Waals surface area contributed by atoms with Crippen LogP contribution in [0.3, 0.4) is 0 Å². The first-order chi connectivity index (χ1) is 11.7. The van der Waals surface area contributed by atoms with E-state index < -0.39 is 0 Å². The molecular formula is C16H14N4O4. The van der Waals surface area contributed by atoms with E-state index in [9.17, 15) is 4.79 Å². The van der Waals surface area contributed by atoms with E-state index >= 15 is 0 Å². The Hall–Kier alpha value is -3.29. The van der Waals surface area contributed by atoms with Crippen LogP contribution in [-0.2, 0) is 4.79 Å². The lowest BCUT2D eigenvalue weighted by atomic mass is 10.2. The number of amides is 1. The van der Waals surface area contributed by atoms with Gasteiger partial charge in [0.1, 0.15) is 11.8 Å². The fourth-order valence-corrected chi connectivity index (χ4v) is 2.39. The van der Waals surface area contributed by atoms with Crippen molar-refractivity contribution < 1.29 is 18.5 Å². The van der Waals surface area contributed by atoms with E-state index in [1.165, 1.54) is 0 Å². The van der Waals surface area contributed by atoms with Crippen molar-refractivity contribution in [2.75, 3.05) is 17.2 Å². The molecule has 2 aromatic heterocycles. The zero-order valence-corrected chi connectivity index (χ0v) is 12.8.